The van der Waals surface area contributed by atoms with Crippen LogP contribution in [0.2, 0.25) is 0 Å². The van der Waals surface area contributed by atoms with Crippen LogP contribution in [-0.4, -0.2) is 97.8 Å². The lowest BCUT2D eigenvalue weighted by Gasteiger charge is -2.65. The molecule has 0 aromatic heterocycles. The second kappa shape index (κ2) is 16.9. The Kier molecular flexibility index (Phi) is 13.1. The Morgan fingerprint density at radius 2 is 1.44 bits per heavy atom. The van der Waals surface area contributed by atoms with Gasteiger partial charge >= 0.3 is 18.0 Å². The molecule has 3 aliphatic carbocycles. The van der Waals surface area contributed by atoms with Crippen LogP contribution >= 0.6 is 0 Å². The fraction of sp³-hybridized carbons (Fsp3) is 0.587. The Balaban J connectivity index is 1.71. The maximum absolute atomic E-state index is 15.6. The van der Waals surface area contributed by atoms with E-state index in [4.69, 9.17) is 28.4 Å². The number of methoxy groups -OCH3 is 3. The molecule has 10 atom stereocenters. The maximum Gasteiger partial charge on any atom is 0.408 e. The Labute approximate surface area is 347 Å². The number of esters is 2. The molecular weight excluding hydrogens is 759 g/mol. The molecular formula is C46H61NO12. The molecule has 0 saturated heterocycles. The lowest BCUT2D eigenvalue weighted by atomic mass is 9.42. The average Bonchev–Trinajstić information content (AvgIpc) is 3.17. The SMILES string of the molecule is CO[C@H]1C(=O)[C@@]2(C)C(C(OC(=O)c3ccccc3)[C@]3(O)CC(OC(=O)CC(NC(=O)OC(C)(C)C)c4ccccc4)C(C)=C1C3(C)C)[C@@](C)(C(C)=O)[C@H](OC)C[C@@H]2OC. The van der Waals surface area contributed by atoms with E-state index < -0.39 is 93.7 Å². The minimum atomic E-state index is -2.13. The van der Waals surface area contributed by atoms with Crippen molar-refractivity contribution in [2.45, 2.75) is 129 Å². The van der Waals surface area contributed by atoms with Gasteiger partial charge in [-0.05, 0) is 77.3 Å². The van der Waals surface area contributed by atoms with Crippen LogP contribution in [0.5, 0.6) is 0 Å². The standard InChI is InChI=1S/C46H61NO12/c1-26-31(57-34(49)23-30(28-19-15-13-16-20-28)47-41(52)59-42(3,4)5)25-46(53)39(58-40(51)29-21-17-14-18-22-29)37-44(8,27(2)48)32(54-10)24-33(55-11)45(37,9)38(50)36(56-12)35(26)43(46,6)7/h13-22,30-33,36-37,39,53H,23-25H2,1-12H3,(H,47,52)/t30?,31?,32-,33+,36-,37?,39?,44+,45-,46-/m1/s1. The first-order chi connectivity index (χ1) is 27.5. The first-order valence-corrected chi connectivity index (χ1v) is 20.1. The van der Waals surface area contributed by atoms with Crippen LogP contribution in [0.1, 0.15) is 104 Å². The molecule has 2 aromatic rings. The second-order valence-electron chi connectivity index (χ2n) is 18.1. The molecule has 0 spiro atoms. The van der Waals surface area contributed by atoms with Gasteiger partial charge in [-0.1, -0.05) is 62.4 Å². The molecule has 0 aliphatic heterocycles. The number of aliphatic hydroxyl groups is 1. The summed E-state index contributed by atoms with van der Waals surface area (Å²) in [6, 6.07) is 16.3. The fourth-order valence-corrected chi connectivity index (χ4v) is 10.1. The maximum atomic E-state index is 15.6. The summed E-state index contributed by atoms with van der Waals surface area (Å²) in [6.07, 6.45) is -7.00. The van der Waals surface area contributed by atoms with Crippen molar-refractivity contribution in [1.29, 1.82) is 0 Å². The Morgan fingerprint density at radius 1 is 0.864 bits per heavy atom. The van der Waals surface area contributed by atoms with Gasteiger partial charge in [0.1, 0.15) is 35.3 Å². The molecule has 2 saturated carbocycles. The summed E-state index contributed by atoms with van der Waals surface area (Å²) >= 11 is 0. The van der Waals surface area contributed by atoms with E-state index in [0.29, 0.717) is 16.7 Å². The highest BCUT2D eigenvalue weighted by atomic mass is 16.6. The highest BCUT2D eigenvalue weighted by Gasteiger charge is 2.74. The van der Waals surface area contributed by atoms with Crippen molar-refractivity contribution in [2.75, 3.05) is 21.3 Å². The van der Waals surface area contributed by atoms with Crippen LogP contribution < -0.4 is 5.32 Å². The van der Waals surface area contributed by atoms with Crippen molar-refractivity contribution in [3.05, 3.63) is 82.9 Å². The number of ether oxygens (including phenoxy) is 6. The summed E-state index contributed by atoms with van der Waals surface area (Å²) in [7, 11) is 4.32. The number of carbonyl (C=O) groups excluding carboxylic acids is 5. The van der Waals surface area contributed by atoms with Crippen LogP contribution in [0.15, 0.2) is 71.8 Å². The first kappa shape index (κ1) is 45.7. The van der Waals surface area contributed by atoms with Crippen molar-refractivity contribution >= 4 is 29.6 Å². The van der Waals surface area contributed by atoms with E-state index in [1.54, 1.807) is 110 Å². The van der Waals surface area contributed by atoms with Crippen LogP contribution in [-0.2, 0) is 42.8 Å². The number of nitrogens with one attached hydrogen (secondary N) is 1. The Morgan fingerprint density at radius 3 is 1.97 bits per heavy atom. The monoisotopic (exact) mass is 819 g/mol. The van der Waals surface area contributed by atoms with Crippen molar-refractivity contribution in [1.82, 2.24) is 5.32 Å². The molecule has 1 amide bonds. The molecule has 3 aliphatic rings. The van der Waals surface area contributed by atoms with Crippen LogP contribution in [0.25, 0.3) is 0 Å². The smallest absolute Gasteiger partial charge is 0.408 e. The quantitative estimate of drug-likeness (QED) is 0.143. The normalized spacial score (nSPS) is 32.1. The highest BCUT2D eigenvalue weighted by Crippen LogP contribution is 2.64. The predicted molar refractivity (Wildman–Crippen MR) is 217 cm³/mol. The minimum absolute atomic E-state index is 0.137. The molecule has 5 rings (SSSR count). The summed E-state index contributed by atoms with van der Waals surface area (Å²) in [5.74, 6) is -3.59. The average molecular weight is 820 g/mol. The third-order valence-electron chi connectivity index (χ3n) is 13.4. The summed E-state index contributed by atoms with van der Waals surface area (Å²) in [4.78, 5) is 71.2. The van der Waals surface area contributed by atoms with E-state index in [1.807, 2.05) is 6.07 Å². The zero-order chi connectivity index (χ0) is 43.9. The number of carbonyl (C=O) groups is 5. The summed E-state index contributed by atoms with van der Waals surface area (Å²) in [5.41, 5.74) is -5.85. The number of hydrogen-bond donors (Lipinski definition) is 2. The molecule has 2 fully saturated rings. The highest BCUT2D eigenvalue weighted by molar-refractivity contribution is 5.96. The third kappa shape index (κ3) is 8.11. The number of alkyl carbamates (subject to hydrolysis) is 1. The van der Waals surface area contributed by atoms with Gasteiger partial charge in [0.05, 0.1) is 41.1 Å². The number of Topliss-reactive ketones (excluding diaryl/α,β-unsaturated/α-hetero) is 2. The Bertz CT molecular complexity index is 1940. The van der Waals surface area contributed by atoms with Gasteiger partial charge < -0.3 is 38.8 Å². The molecule has 13 heteroatoms. The van der Waals surface area contributed by atoms with Gasteiger partial charge in [0, 0.05) is 45.5 Å². The van der Waals surface area contributed by atoms with Crippen molar-refractivity contribution < 1.29 is 57.5 Å². The molecule has 13 nitrogen and oxygen atoms in total. The largest absolute Gasteiger partial charge is 0.458 e. The summed E-state index contributed by atoms with van der Waals surface area (Å²) < 4.78 is 36.5. The van der Waals surface area contributed by atoms with E-state index in [1.165, 1.54) is 28.3 Å². The number of benzene rings is 2. The second-order valence-corrected chi connectivity index (χ2v) is 18.1. The van der Waals surface area contributed by atoms with Crippen molar-refractivity contribution in [3.63, 3.8) is 0 Å². The third-order valence-corrected chi connectivity index (χ3v) is 13.4. The minimum Gasteiger partial charge on any atom is -0.458 e. The van der Waals surface area contributed by atoms with Gasteiger partial charge in [-0.25, -0.2) is 9.59 Å². The lowest BCUT2D eigenvalue weighted by Crippen LogP contribution is -2.76. The number of fused-ring (bicyclic) bond motifs is 3. The lowest BCUT2D eigenvalue weighted by molar-refractivity contribution is -0.258. The van der Waals surface area contributed by atoms with E-state index >= 15 is 4.79 Å². The van der Waals surface area contributed by atoms with Crippen LogP contribution in [0.3, 0.4) is 0 Å². The fourth-order valence-electron chi connectivity index (χ4n) is 10.1. The molecule has 322 valence electrons. The predicted octanol–water partition coefficient (Wildman–Crippen LogP) is 6.51. The number of hydrogen-bond acceptors (Lipinski definition) is 12. The number of ketones is 2. The van der Waals surface area contributed by atoms with Crippen molar-refractivity contribution in [3.8, 4) is 0 Å². The molecule has 2 aromatic carbocycles. The zero-order valence-electron chi connectivity index (χ0n) is 36.4. The molecule has 4 unspecified atom stereocenters. The molecule has 2 N–H and O–H groups in total. The van der Waals surface area contributed by atoms with E-state index in [-0.39, 0.29) is 30.6 Å². The van der Waals surface area contributed by atoms with E-state index in [0.717, 1.165) is 0 Å². The zero-order valence-corrected chi connectivity index (χ0v) is 36.4. The topological polar surface area (TPSA) is 173 Å². The first-order valence-electron chi connectivity index (χ1n) is 20.1. The summed E-state index contributed by atoms with van der Waals surface area (Å²) in [5, 5.41) is 16.5. The van der Waals surface area contributed by atoms with Gasteiger partial charge in [0.15, 0.2) is 5.78 Å². The summed E-state index contributed by atoms with van der Waals surface area (Å²) in [6.45, 7) is 15.2. The Hall–Kier alpha value is -4.43. The van der Waals surface area contributed by atoms with Gasteiger partial charge in [-0.15, -0.1) is 0 Å². The van der Waals surface area contributed by atoms with Gasteiger partial charge in [0.2, 0.25) is 0 Å². The number of amides is 1. The molecule has 2 bridgehead atoms. The van der Waals surface area contributed by atoms with Crippen LogP contribution in [0, 0.1) is 22.2 Å². The molecule has 0 heterocycles. The van der Waals surface area contributed by atoms with Crippen molar-refractivity contribution in [2.24, 2.45) is 22.2 Å². The van der Waals surface area contributed by atoms with E-state index in [2.05, 4.69) is 5.32 Å². The molecule has 0 radical (unpaired) electrons. The molecule has 59 heavy (non-hydrogen) atoms. The number of rotatable bonds is 11. The van der Waals surface area contributed by atoms with Gasteiger partial charge in [-0.3, -0.25) is 14.4 Å². The van der Waals surface area contributed by atoms with Gasteiger partial charge in [-0.2, -0.15) is 0 Å². The van der Waals surface area contributed by atoms with E-state index in [9.17, 15) is 24.3 Å². The van der Waals surface area contributed by atoms with Crippen LogP contribution in [0.4, 0.5) is 4.79 Å². The van der Waals surface area contributed by atoms with Gasteiger partial charge in [0.25, 0.3) is 0 Å².